The standard InChI is InChI=1S/C13H13ClN2O3/c1-8(13(17)18)15-6-11-7-19-12(16-11)9-3-2-4-10(14)5-9/h2-5,7-8,15H,6H2,1H3,(H,17,18)/t8-/m0/s1. The van der Waals surface area contributed by atoms with Crippen molar-refractivity contribution in [2.45, 2.75) is 19.5 Å². The van der Waals surface area contributed by atoms with Gasteiger partial charge in [0, 0.05) is 17.1 Å². The quantitative estimate of drug-likeness (QED) is 0.880. The number of rotatable bonds is 5. The van der Waals surface area contributed by atoms with Gasteiger partial charge < -0.3 is 9.52 Å². The largest absolute Gasteiger partial charge is 0.480 e. The minimum atomic E-state index is -0.904. The molecule has 0 unspecified atom stereocenters. The maximum atomic E-state index is 10.7. The van der Waals surface area contributed by atoms with Crippen molar-refractivity contribution >= 4 is 17.6 Å². The summed E-state index contributed by atoms with van der Waals surface area (Å²) in [5, 5.41) is 12.2. The summed E-state index contributed by atoms with van der Waals surface area (Å²) in [6.07, 6.45) is 1.50. The van der Waals surface area contributed by atoms with Gasteiger partial charge in [-0.05, 0) is 25.1 Å². The van der Waals surface area contributed by atoms with Gasteiger partial charge in [-0.3, -0.25) is 10.1 Å². The molecular formula is C13H13ClN2O3. The summed E-state index contributed by atoms with van der Waals surface area (Å²) in [7, 11) is 0. The number of carboxylic acids is 1. The molecule has 1 heterocycles. The smallest absolute Gasteiger partial charge is 0.320 e. The number of halogens is 1. The third-order valence-corrected chi connectivity index (χ3v) is 2.82. The van der Waals surface area contributed by atoms with E-state index < -0.39 is 12.0 Å². The van der Waals surface area contributed by atoms with Crippen LogP contribution in [0.5, 0.6) is 0 Å². The highest BCUT2D eigenvalue weighted by molar-refractivity contribution is 6.30. The van der Waals surface area contributed by atoms with E-state index in [4.69, 9.17) is 21.1 Å². The molecule has 0 saturated carbocycles. The summed E-state index contributed by atoms with van der Waals surface area (Å²) in [5.74, 6) is -0.444. The minimum absolute atomic E-state index is 0.331. The van der Waals surface area contributed by atoms with Gasteiger partial charge in [0.2, 0.25) is 5.89 Å². The third-order valence-electron chi connectivity index (χ3n) is 2.58. The summed E-state index contributed by atoms with van der Waals surface area (Å²) < 4.78 is 5.34. The van der Waals surface area contributed by atoms with Crippen molar-refractivity contribution in [3.05, 3.63) is 41.2 Å². The van der Waals surface area contributed by atoms with Gasteiger partial charge in [0.25, 0.3) is 0 Å². The van der Waals surface area contributed by atoms with Gasteiger partial charge in [0.05, 0.1) is 5.69 Å². The fraction of sp³-hybridized carbons (Fsp3) is 0.231. The van der Waals surface area contributed by atoms with Crippen LogP contribution in [-0.4, -0.2) is 22.1 Å². The predicted molar refractivity (Wildman–Crippen MR) is 70.9 cm³/mol. The lowest BCUT2D eigenvalue weighted by molar-refractivity contribution is -0.139. The van der Waals surface area contributed by atoms with Gasteiger partial charge in [-0.1, -0.05) is 17.7 Å². The lowest BCUT2D eigenvalue weighted by Gasteiger charge is -2.05. The van der Waals surface area contributed by atoms with Gasteiger partial charge in [0.1, 0.15) is 12.3 Å². The van der Waals surface area contributed by atoms with Crippen LogP contribution in [-0.2, 0) is 11.3 Å². The molecule has 2 rings (SSSR count). The molecule has 0 amide bonds. The highest BCUT2D eigenvalue weighted by Gasteiger charge is 2.12. The van der Waals surface area contributed by atoms with Crippen molar-refractivity contribution in [2.75, 3.05) is 0 Å². The van der Waals surface area contributed by atoms with Gasteiger partial charge >= 0.3 is 5.97 Å². The van der Waals surface area contributed by atoms with E-state index in [1.165, 1.54) is 6.26 Å². The third kappa shape index (κ3) is 3.56. The van der Waals surface area contributed by atoms with Crippen LogP contribution in [0.25, 0.3) is 11.5 Å². The number of carbonyl (C=O) groups is 1. The second kappa shape index (κ2) is 5.86. The van der Waals surface area contributed by atoms with E-state index in [1.807, 2.05) is 12.1 Å². The summed E-state index contributed by atoms with van der Waals surface area (Å²) in [5.41, 5.74) is 1.42. The molecule has 0 aliphatic rings. The van der Waals surface area contributed by atoms with Crippen LogP contribution in [0.4, 0.5) is 0 Å². The molecule has 1 aromatic carbocycles. The Balaban J connectivity index is 2.05. The van der Waals surface area contributed by atoms with E-state index in [1.54, 1.807) is 19.1 Å². The van der Waals surface area contributed by atoms with Crippen molar-refractivity contribution in [3.8, 4) is 11.5 Å². The zero-order valence-electron chi connectivity index (χ0n) is 10.3. The van der Waals surface area contributed by atoms with Crippen LogP contribution < -0.4 is 5.32 Å². The number of aliphatic carboxylic acids is 1. The molecule has 0 aliphatic carbocycles. The number of aromatic nitrogens is 1. The zero-order valence-corrected chi connectivity index (χ0v) is 11.0. The van der Waals surface area contributed by atoms with Crippen molar-refractivity contribution < 1.29 is 14.3 Å². The molecule has 0 saturated heterocycles. The first-order chi connectivity index (χ1) is 9.06. The number of benzene rings is 1. The Morgan fingerprint density at radius 3 is 3.05 bits per heavy atom. The highest BCUT2D eigenvalue weighted by atomic mass is 35.5. The maximum absolute atomic E-state index is 10.7. The molecule has 2 N–H and O–H groups in total. The summed E-state index contributed by atoms with van der Waals surface area (Å²) in [6.45, 7) is 1.90. The summed E-state index contributed by atoms with van der Waals surface area (Å²) in [4.78, 5) is 14.9. The van der Waals surface area contributed by atoms with Gasteiger partial charge in [-0.2, -0.15) is 0 Å². The Labute approximate surface area is 115 Å². The van der Waals surface area contributed by atoms with E-state index in [0.717, 1.165) is 5.56 Å². The first-order valence-electron chi connectivity index (χ1n) is 5.73. The number of hydrogen-bond donors (Lipinski definition) is 2. The van der Waals surface area contributed by atoms with Crippen molar-refractivity contribution in [1.29, 1.82) is 0 Å². The fourth-order valence-corrected chi connectivity index (χ4v) is 1.68. The summed E-state index contributed by atoms with van der Waals surface area (Å²) >= 11 is 5.89. The Morgan fingerprint density at radius 2 is 2.37 bits per heavy atom. The molecule has 1 aromatic heterocycles. The second-order valence-electron chi connectivity index (χ2n) is 4.10. The van der Waals surface area contributed by atoms with Crippen LogP contribution in [0.15, 0.2) is 34.9 Å². The molecule has 0 fully saturated rings. The van der Waals surface area contributed by atoms with E-state index in [0.29, 0.717) is 23.2 Å². The molecule has 100 valence electrons. The van der Waals surface area contributed by atoms with Crippen molar-refractivity contribution in [1.82, 2.24) is 10.3 Å². The molecule has 0 bridgehead atoms. The van der Waals surface area contributed by atoms with Crippen LogP contribution in [0.2, 0.25) is 5.02 Å². The molecule has 0 aliphatic heterocycles. The van der Waals surface area contributed by atoms with Crippen LogP contribution >= 0.6 is 11.6 Å². The van der Waals surface area contributed by atoms with E-state index in [9.17, 15) is 4.79 Å². The first kappa shape index (κ1) is 13.6. The molecular weight excluding hydrogens is 268 g/mol. The van der Waals surface area contributed by atoms with Gasteiger partial charge in [-0.15, -0.1) is 0 Å². The highest BCUT2D eigenvalue weighted by Crippen LogP contribution is 2.21. The lowest BCUT2D eigenvalue weighted by Crippen LogP contribution is -2.33. The molecule has 0 spiro atoms. The van der Waals surface area contributed by atoms with Gasteiger partial charge in [-0.25, -0.2) is 4.98 Å². The van der Waals surface area contributed by atoms with E-state index >= 15 is 0 Å². The van der Waals surface area contributed by atoms with Crippen LogP contribution in [0, 0.1) is 0 Å². The Bertz CT molecular complexity index is 583. The molecule has 19 heavy (non-hydrogen) atoms. The minimum Gasteiger partial charge on any atom is -0.480 e. The van der Waals surface area contributed by atoms with Crippen molar-refractivity contribution in [2.24, 2.45) is 0 Å². The normalized spacial score (nSPS) is 12.3. The SMILES string of the molecule is C[C@H](NCc1coc(-c2cccc(Cl)c2)n1)C(=O)O. The molecule has 2 aromatic rings. The summed E-state index contributed by atoms with van der Waals surface area (Å²) in [6, 6.07) is 6.54. The number of carboxylic acid groups (broad SMARTS) is 1. The molecule has 1 atom stereocenters. The number of nitrogens with one attached hydrogen (secondary N) is 1. The monoisotopic (exact) mass is 280 g/mol. The molecule has 0 radical (unpaired) electrons. The average Bonchev–Trinajstić information content (AvgIpc) is 2.84. The van der Waals surface area contributed by atoms with Crippen molar-refractivity contribution in [3.63, 3.8) is 0 Å². The van der Waals surface area contributed by atoms with Crippen LogP contribution in [0.1, 0.15) is 12.6 Å². The number of oxazole rings is 1. The lowest BCUT2D eigenvalue weighted by atomic mass is 10.2. The Morgan fingerprint density at radius 1 is 1.58 bits per heavy atom. The maximum Gasteiger partial charge on any atom is 0.320 e. The van der Waals surface area contributed by atoms with Crippen LogP contribution in [0.3, 0.4) is 0 Å². The zero-order chi connectivity index (χ0) is 13.8. The average molecular weight is 281 g/mol. The molecule has 6 heteroatoms. The Kier molecular flexibility index (Phi) is 4.19. The topological polar surface area (TPSA) is 75.4 Å². The number of hydrogen-bond acceptors (Lipinski definition) is 4. The van der Waals surface area contributed by atoms with E-state index in [-0.39, 0.29) is 0 Å². The second-order valence-corrected chi connectivity index (χ2v) is 4.53. The number of nitrogens with zero attached hydrogens (tertiary/aromatic N) is 1. The first-order valence-corrected chi connectivity index (χ1v) is 6.10. The van der Waals surface area contributed by atoms with E-state index in [2.05, 4.69) is 10.3 Å². The predicted octanol–water partition coefficient (Wildman–Crippen LogP) is 2.56. The molecule has 5 nitrogen and oxygen atoms in total. The Hall–Kier alpha value is -1.85. The fourth-order valence-electron chi connectivity index (χ4n) is 1.49. The van der Waals surface area contributed by atoms with Gasteiger partial charge in [0.15, 0.2) is 0 Å².